The van der Waals surface area contributed by atoms with E-state index in [9.17, 15) is 30.5 Å². The molecule has 0 aliphatic carbocycles. The van der Waals surface area contributed by atoms with Crippen molar-refractivity contribution in [2.75, 3.05) is 0 Å². The highest BCUT2D eigenvalue weighted by atomic mass is 32.2. The lowest BCUT2D eigenvalue weighted by Crippen LogP contribution is -2.11. The minimum atomic E-state index is -5.77. The predicted molar refractivity (Wildman–Crippen MR) is 86.2 cm³/mol. The minimum absolute atomic E-state index is 0.163. The molecule has 140 valence electrons. The zero-order valence-electron chi connectivity index (χ0n) is 13.2. The summed E-state index contributed by atoms with van der Waals surface area (Å²) in [5, 5.41) is 0. The molecular formula is C18H9F4O4S-. The van der Waals surface area contributed by atoms with Crippen LogP contribution in [0.15, 0.2) is 59.5 Å². The molecule has 0 atom stereocenters. The van der Waals surface area contributed by atoms with E-state index in [0.717, 1.165) is 11.1 Å². The lowest BCUT2D eigenvalue weighted by atomic mass is 10.1. The van der Waals surface area contributed by atoms with E-state index >= 15 is 0 Å². The van der Waals surface area contributed by atoms with Gasteiger partial charge in [-0.1, -0.05) is 42.5 Å². The van der Waals surface area contributed by atoms with E-state index in [2.05, 4.69) is 0 Å². The summed E-state index contributed by atoms with van der Waals surface area (Å²) in [6.07, 6.45) is 0. The predicted octanol–water partition coefficient (Wildman–Crippen LogP) is 4.61. The summed E-state index contributed by atoms with van der Waals surface area (Å²) >= 11 is 0. The van der Waals surface area contributed by atoms with Crippen molar-refractivity contribution in [2.24, 2.45) is 0 Å². The van der Waals surface area contributed by atoms with Gasteiger partial charge in [-0.2, -0.15) is 8.78 Å². The van der Waals surface area contributed by atoms with Gasteiger partial charge in [-0.15, -0.1) is 0 Å². The third-order valence-electron chi connectivity index (χ3n) is 3.61. The maximum Gasteiger partial charge on any atom is 0.205 e. The quantitative estimate of drug-likeness (QED) is 0.366. The van der Waals surface area contributed by atoms with E-state index < -0.39 is 44.0 Å². The fourth-order valence-corrected chi connectivity index (χ4v) is 2.98. The summed E-state index contributed by atoms with van der Waals surface area (Å²) in [7, 11) is -5.77. The molecule has 27 heavy (non-hydrogen) atoms. The van der Waals surface area contributed by atoms with Gasteiger partial charge in [0, 0.05) is 0 Å². The van der Waals surface area contributed by atoms with E-state index in [1.165, 1.54) is 12.1 Å². The molecule has 0 aromatic heterocycles. The van der Waals surface area contributed by atoms with Gasteiger partial charge in [-0.05, 0) is 23.3 Å². The smallest absolute Gasteiger partial charge is 0.205 e. The standard InChI is InChI=1S/C18H10F4O4S/c19-13-15(21)18(27(23,24)25)16(22)14(20)17(13)26-12-8-6-11(7-9-12)10-4-2-1-3-5-10/h1-9H,(H,23,24,25)/p-1. The molecule has 0 fully saturated rings. The molecule has 0 aliphatic rings. The van der Waals surface area contributed by atoms with Crippen molar-refractivity contribution in [2.45, 2.75) is 4.90 Å². The normalized spacial score (nSPS) is 11.4. The van der Waals surface area contributed by atoms with Crippen LogP contribution in [0.5, 0.6) is 11.5 Å². The summed E-state index contributed by atoms with van der Waals surface area (Å²) in [6.45, 7) is 0. The second-order valence-electron chi connectivity index (χ2n) is 5.36. The van der Waals surface area contributed by atoms with E-state index in [1.54, 1.807) is 12.1 Å². The zero-order chi connectivity index (χ0) is 19.8. The van der Waals surface area contributed by atoms with Gasteiger partial charge in [0.1, 0.15) is 20.8 Å². The maximum atomic E-state index is 14.0. The van der Waals surface area contributed by atoms with Crippen LogP contribution in [-0.4, -0.2) is 13.0 Å². The van der Waals surface area contributed by atoms with E-state index in [4.69, 9.17) is 4.74 Å². The van der Waals surface area contributed by atoms with Gasteiger partial charge < -0.3 is 9.29 Å². The van der Waals surface area contributed by atoms with E-state index in [1.807, 2.05) is 30.3 Å². The summed E-state index contributed by atoms with van der Waals surface area (Å²) in [5.41, 5.74) is 1.59. The highest BCUT2D eigenvalue weighted by Gasteiger charge is 2.30. The number of halogens is 4. The highest BCUT2D eigenvalue weighted by Crippen LogP contribution is 2.35. The van der Waals surface area contributed by atoms with Crippen LogP contribution in [0.25, 0.3) is 11.1 Å². The Kier molecular flexibility index (Phi) is 4.90. The van der Waals surface area contributed by atoms with Crippen molar-refractivity contribution in [1.29, 1.82) is 0 Å². The van der Waals surface area contributed by atoms with Gasteiger partial charge in [0.15, 0.2) is 11.6 Å². The first kappa shape index (κ1) is 18.9. The lowest BCUT2D eigenvalue weighted by Gasteiger charge is -2.14. The second-order valence-corrected chi connectivity index (χ2v) is 6.68. The van der Waals surface area contributed by atoms with Gasteiger partial charge in [-0.25, -0.2) is 17.2 Å². The SMILES string of the molecule is O=S(=O)([O-])c1c(F)c(F)c(Oc2ccc(-c3ccccc3)cc2)c(F)c1F. The highest BCUT2D eigenvalue weighted by molar-refractivity contribution is 7.85. The number of rotatable bonds is 4. The molecule has 0 N–H and O–H groups in total. The molecule has 0 saturated heterocycles. The van der Waals surface area contributed by atoms with Crippen LogP contribution in [-0.2, 0) is 10.1 Å². The first-order valence-electron chi connectivity index (χ1n) is 7.35. The average molecular weight is 397 g/mol. The van der Waals surface area contributed by atoms with Crippen LogP contribution in [0.3, 0.4) is 0 Å². The second kappa shape index (κ2) is 7.01. The largest absolute Gasteiger partial charge is 0.744 e. The Morgan fingerprint density at radius 2 is 1.19 bits per heavy atom. The Hall–Kier alpha value is -2.91. The maximum absolute atomic E-state index is 14.0. The topological polar surface area (TPSA) is 66.4 Å². The molecule has 3 aromatic rings. The zero-order valence-corrected chi connectivity index (χ0v) is 14.1. The van der Waals surface area contributed by atoms with Crippen LogP contribution in [0.1, 0.15) is 0 Å². The van der Waals surface area contributed by atoms with Gasteiger partial charge in [0.05, 0.1) is 0 Å². The molecule has 3 rings (SSSR count). The molecule has 0 bridgehead atoms. The lowest BCUT2D eigenvalue weighted by molar-refractivity contribution is 0.345. The molecule has 0 unspecified atom stereocenters. The van der Waals surface area contributed by atoms with E-state index in [0.29, 0.717) is 0 Å². The summed E-state index contributed by atoms with van der Waals surface area (Å²) in [6, 6.07) is 14.8. The number of hydrogen-bond acceptors (Lipinski definition) is 4. The fraction of sp³-hybridized carbons (Fsp3) is 0. The Morgan fingerprint density at radius 3 is 1.67 bits per heavy atom. The molecule has 0 radical (unpaired) electrons. The first-order valence-corrected chi connectivity index (χ1v) is 8.76. The molecule has 0 aliphatic heterocycles. The third kappa shape index (κ3) is 3.64. The Labute approximate surface area is 151 Å². The van der Waals surface area contributed by atoms with Crippen molar-refractivity contribution < 1.29 is 35.3 Å². The Balaban J connectivity index is 1.99. The summed E-state index contributed by atoms with van der Waals surface area (Å²) in [4.78, 5) is -2.23. The van der Waals surface area contributed by atoms with Crippen LogP contribution in [0.4, 0.5) is 17.6 Å². The van der Waals surface area contributed by atoms with Gasteiger partial charge in [-0.3, -0.25) is 0 Å². The molecule has 0 heterocycles. The number of benzene rings is 3. The van der Waals surface area contributed by atoms with Crippen molar-refractivity contribution in [3.8, 4) is 22.6 Å². The van der Waals surface area contributed by atoms with Crippen LogP contribution in [0.2, 0.25) is 0 Å². The minimum Gasteiger partial charge on any atom is -0.744 e. The van der Waals surface area contributed by atoms with E-state index in [-0.39, 0.29) is 5.75 Å². The molecule has 4 nitrogen and oxygen atoms in total. The third-order valence-corrected chi connectivity index (χ3v) is 4.47. The van der Waals surface area contributed by atoms with Gasteiger partial charge >= 0.3 is 0 Å². The summed E-state index contributed by atoms with van der Waals surface area (Å²) < 4.78 is 92.7. The number of ether oxygens (including phenoxy) is 1. The number of hydrogen-bond donors (Lipinski definition) is 0. The molecule has 3 aromatic carbocycles. The first-order chi connectivity index (χ1) is 12.7. The molecular weight excluding hydrogens is 388 g/mol. The summed E-state index contributed by atoms with van der Waals surface area (Å²) in [5.74, 6) is -10.6. The van der Waals surface area contributed by atoms with Crippen LogP contribution < -0.4 is 4.74 Å². The molecule has 0 amide bonds. The van der Waals surface area contributed by atoms with Gasteiger partial charge in [0.25, 0.3) is 0 Å². The van der Waals surface area contributed by atoms with Crippen molar-refractivity contribution in [3.63, 3.8) is 0 Å². The van der Waals surface area contributed by atoms with Gasteiger partial charge in [0.2, 0.25) is 17.4 Å². The Morgan fingerprint density at radius 1 is 0.704 bits per heavy atom. The fourth-order valence-electron chi connectivity index (χ4n) is 2.36. The van der Waals surface area contributed by atoms with Crippen LogP contribution >= 0.6 is 0 Å². The average Bonchev–Trinajstić information content (AvgIpc) is 2.64. The molecule has 0 saturated carbocycles. The van der Waals surface area contributed by atoms with Crippen LogP contribution in [0, 0.1) is 23.3 Å². The Bertz CT molecular complexity index is 1070. The van der Waals surface area contributed by atoms with Crippen molar-refractivity contribution in [1.82, 2.24) is 0 Å². The van der Waals surface area contributed by atoms with Crippen molar-refractivity contribution >= 4 is 10.1 Å². The monoisotopic (exact) mass is 397 g/mol. The molecule has 9 heteroatoms. The molecule has 0 spiro atoms. The van der Waals surface area contributed by atoms with Crippen molar-refractivity contribution in [3.05, 3.63) is 77.9 Å².